The van der Waals surface area contributed by atoms with Gasteiger partial charge in [0.1, 0.15) is 0 Å². The molecule has 0 spiro atoms. The molecule has 1 atom stereocenters. The second-order valence-electron chi connectivity index (χ2n) is 5.18. The van der Waals surface area contributed by atoms with Gasteiger partial charge in [-0.1, -0.05) is 19.0 Å². The van der Waals surface area contributed by atoms with Crippen LogP contribution in [-0.2, 0) is 6.42 Å². The van der Waals surface area contributed by atoms with Crippen LogP contribution in [0.25, 0.3) is 11.4 Å². The van der Waals surface area contributed by atoms with Gasteiger partial charge in [-0.05, 0) is 36.9 Å². The molecule has 2 rings (SSSR count). The maximum absolute atomic E-state index is 5.79. The van der Waals surface area contributed by atoms with Crippen molar-refractivity contribution >= 4 is 0 Å². The van der Waals surface area contributed by atoms with E-state index in [0.717, 1.165) is 18.4 Å². The first-order chi connectivity index (χ1) is 9.19. The van der Waals surface area contributed by atoms with Gasteiger partial charge in [0.15, 0.2) is 0 Å². The molecule has 0 aliphatic heterocycles. The molecule has 0 aliphatic carbocycles. The fraction of sp³-hybridized carbons (Fsp3) is 0.500. The smallest absolute Gasteiger partial charge is 0.227 e. The fourth-order valence-corrected chi connectivity index (χ4v) is 2.13. The van der Waals surface area contributed by atoms with Crippen molar-refractivity contribution in [2.45, 2.75) is 26.7 Å². The summed E-state index contributed by atoms with van der Waals surface area (Å²) in [6.07, 6.45) is 5.25. The van der Waals surface area contributed by atoms with Crippen molar-refractivity contribution in [3.8, 4) is 11.4 Å². The Balaban J connectivity index is 2.05. The molecule has 2 aromatic rings. The average Bonchev–Trinajstić information content (AvgIpc) is 2.87. The molecule has 0 radical (unpaired) electrons. The number of nitrogens with zero attached hydrogens (tertiary/aromatic N) is 3. The molecule has 2 N–H and O–H groups in total. The van der Waals surface area contributed by atoms with Crippen LogP contribution in [0.2, 0.25) is 0 Å². The Morgan fingerprint density at radius 2 is 2.00 bits per heavy atom. The van der Waals surface area contributed by atoms with Gasteiger partial charge >= 0.3 is 0 Å². The second-order valence-corrected chi connectivity index (χ2v) is 5.18. The number of rotatable bonds is 6. The minimum Gasteiger partial charge on any atom is -0.339 e. The van der Waals surface area contributed by atoms with Gasteiger partial charge in [0.25, 0.3) is 0 Å². The normalized spacial score (nSPS) is 12.8. The van der Waals surface area contributed by atoms with Gasteiger partial charge in [0.05, 0.1) is 0 Å². The number of aromatic nitrogens is 3. The minimum atomic E-state index is 0.394. The summed E-state index contributed by atoms with van der Waals surface area (Å²) in [5, 5.41) is 4.00. The summed E-state index contributed by atoms with van der Waals surface area (Å²) in [4.78, 5) is 8.38. The number of hydrogen-bond donors (Lipinski definition) is 1. The predicted octanol–water partition coefficient (Wildman–Crippen LogP) is 2.30. The maximum atomic E-state index is 5.79. The highest BCUT2D eigenvalue weighted by Gasteiger charge is 2.15. The van der Waals surface area contributed by atoms with Crippen molar-refractivity contribution in [2.75, 3.05) is 6.54 Å². The van der Waals surface area contributed by atoms with E-state index >= 15 is 0 Å². The van der Waals surface area contributed by atoms with Gasteiger partial charge in [-0.2, -0.15) is 4.98 Å². The van der Waals surface area contributed by atoms with Gasteiger partial charge in [0, 0.05) is 24.4 Å². The largest absolute Gasteiger partial charge is 0.339 e. The van der Waals surface area contributed by atoms with Crippen molar-refractivity contribution in [1.82, 2.24) is 15.1 Å². The molecular weight excluding hydrogens is 240 g/mol. The van der Waals surface area contributed by atoms with Crippen molar-refractivity contribution in [1.29, 1.82) is 0 Å². The SMILES string of the molecule is CC(C)CC(CN)Cc1nc(-c2ccncc2)no1. The van der Waals surface area contributed by atoms with Crippen LogP contribution in [-0.4, -0.2) is 21.7 Å². The molecule has 0 aliphatic rings. The molecule has 0 bridgehead atoms. The van der Waals surface area contributed by atoms with Crippen LogP contribution >= 0.6 is 0 Å². The quantitative estimate of drug-likeness (QED) is 0.862. The van der Waals surface area contributed by atoms with Crippen molar-refractivity contribution in [2.24, 2.45) is 17.6 Å². The summed E-state index contributed by atoms with van der Waals surface area (Å²) in [6, 6.07) is 3.73. The van der Waals surface area contributed by atoms with Crippen molar-refractivity contribution < 1.29 is 4.52 Å². The lowest BCUT2D eigenvalue weighted by Gasteiger charge is -2.14. The minimum absolute atomic E-state index is 0.394. The van der Waals surface area contributed by atoms with Gasteiger partial charge in [-0.15, -0.1) is 0 Å². The molecular formula is C14H20N4O. The number of hydrogen-bond acceptors (Lipinski definition) is 5. The molecule has 2 aromatic heterocycles. The van der Waals surface area contributed by atoms with E-state index < -0.39 is 0 Å². The Morgan fingerprint density at radius 1 is 1.26 bits per heavy atom. The van der Waals surface area contributed by atoms with Crippen LogP contribution in [0, 0.1) is 11.8 Å². The molecule has 5 heteroatoms. The molecule has 1 unspecified atom stereocenters. The first-order valence-corrected chi connectivity index (χ1v) is 6.62. The summed E-state index contributed by atoms with van der Waals surface area (Å²) in [7, 11) is 0. The van der Waals surface area contributed by atoms with E-state index in [2.05, 4.69) is 29.0 Å². The van der Waals surface area contributed by atoms with E-state index in [9.17, 15) is 0 Å². The van der Waals surface area contributed by atoms with E-state index in [1.165, 1.54) is 0 Å². The first kappa shape index (κ1) is 13.7. The standard InChI is InChI=1S/C14H20N4O/c1-10(2)7-11(9-15)8-13-17-14(18-19-13)12-3-5-16-6-4-12/h3-6,10-11H,7-9,15H2,1-2H3. The molecule has 19 heavy (non-hydrogen) atoms. The van der Waals surface area contributed by atoms with Crippen molar-refractivity contribution in [3.05, 3.63) is 30.4 Å². The third-order valence-corrected chi connectivity index (χ3v) is 3.01. The highest BCUT2D eigenvalue weighted by Crippen LogP contribution is 2.18. The van der Waals surface area contributed by atoms with E-state index in [1.54, 1.807) is 12.4 Å². The van der Waals surface area contributed by atoms with Crippen LogP contribution in [0.4, 0.5) is 0 Å². The van der Waals surface area contributed by atoms with Crippen LogP contribution in [0.1, 0.15) is 26.2 Å². The third-order valence-electron chi connectivity index (χ3n) is 3.01. The maximum Gasteiger partial charge on any atom is 0.227 e. The number of pyridine rings is 1. The molecule has 0 fully saturated rings. The number of nitrogens with two attached hydrogens (primary N) is 1. The van der Waals surface area contributed by atoms with E-state index in [0.29, 0.717) is 30.1 Å². The Hall–Kier alpha value is -1.75. The van der Waals surface area contributed by atoms with Crippen molar-refractivity contribution in [3.63, 3.8) is 0 Å². The Labute approximate surface area is 113 Å². The molecule has 102 valence electrons. The van der Waals surface area contributed by atoms with Gasteiger partial charge in [-0.25, -0.2) is 0 Å². The molecule has 2 heterocycles. The fourth-order valence-electron chi connectivity index (χ4n) is 2.13. The zero-order valence-electron chi connectivity index (χ0n) is 11.4. The Bertz CT molecular complexity index is 495. The lowest BCUT2D eigenvalue weighted by molar-refractivity contribution is 0.332. The van der Waals surface area contributed by atoms with Crippen LogP contribution < -0.4 is 5.73 Å². The Morgan fingerprint density at radius 3 is 2.63 bits per heavy atom. The second kappa shape index (κ2) is 6.43. The van der Waals surface area contributed by atoms with E-state index in [4.69, 9.17) is 10.3 Å². The first-order valence-electron chi connectivity index (χ1n) is 6.62. The van der Waals surface area contributed by atoms with Gasteiger partial charge < -0.3 is 10.3 Å². The highest BCUT2D eigenvalue weighted by molar-refractivity contribution is 5.52. The molecule has 5 nitrogen and oxygen atoms in total. The van der Waals surface area contributed by atoms with Crippen LogP contribution in [0.15, 0.2) is 29.0 Å². The zero-order chi connectivity index (χ0) is 13.7. The average molecular weight is 260 g/mol. The van der Waals surface area contributed by atoms with Crippen LogP contribution in [0.5, 0.6) is 0 Å². The molecule has 0 amide bonds. The summed E-state index contributed by atoms with van der Waals surface area (Å²) in [6.45, 7) is 5.03. The van der Waals surface area contributed by atoms with Crippen LogP contribution in [0.3, 0.4) is 0 Å². The van der Waals surface area contributed by atoms with Gasteiger partial charge in [-0.3, -0.25) is 4.98 Å². The lowest BCUT2D eigenvalue weighted by atomic mass is 9.94. The summed E-state index contributed by atoms with van der Waals surface area (Å²) in [5.74, 6) is 2.28. The topological polar surface area (TPSA) is 77.8 Å². The summed E-state index contributed by atoms with van der Waals surface area (Å²) in [5.41, 5.74) is 6.70. The highest BCUT2D eigenvalue weighted by atomic mass is 16.5. The summed E-state index contributed by atoms with van der Waals surface area (Å²) < 4.78 is 5.30. The lowest BCUT2D eigenvalue weighted by Crippen LogP contribution is -2.19. The molecule has 0 saturated carbocycles. The monoisotopic (exact) mass is 260 g/mol. The van der Waals surface area contributed by atoms with Gasteiger partial charge in [0.2, 0.25) is 11.7 Å². The zero-order valence-corrected chi connectivity index (χ0v) is 11.4. The third kappa shape index (κ3) is 3.86. The van der Waals surface area contributed by atoms with E-state index in [1.807, 2.05) is 12.1 Å². The predicted molar refractivity (Wildman–Crippen MR) is 73.2 cm³/mol. The summed E-state index contributed by atoms with van der Waals surface area (Å²) >= 11 is 0. The molecule has 0 saturated heterocycles. The Kier molecular flexibility index (Phi) is 4.63. The molecule has 0 aromatic carbocycles. The van der Waals surface area contributed by atoms with E-state index in [-0.39, 0.29) is 0 Å².